The van der Waals surface area contributed by atoms with Gasteiger partial charge in [0.15, 0.2) is 0 Å². The van der Waals surface area contributed by atoms with Crippen LogP contribution in [0, 0.1) is 0 Å². The van der Waals surface area contributed by atoms with Crippen LogP contribution in [-0.2, 0) is 28.5 Å². The molecule has 0 aliphatic heterocycles. The Kier molecular flexibility index (Phi) is 5.40. The first-order valence-corrected chi connectivity index (χ1v) is 4.84. The lowest BCUT2D eigenvalue weighted by Gasteiger charge is -2.07. The van der Waals surface area contributed by atoms with Crippen LogP contribution in [0.4, 0.5) is 0 Å². The molecule has 0 aliphatic rings. The minimum Gasteiger partial charge on any atom is -0.360 e. The fraction of sp³-hybridized carbons (Fsp3) is 0.600. The molecule has 0 atom stereocenters. The van der Waals surface area contributed by atoms with Crippen molar-refractivity contribution in [2.75, 3.05) is 14.2 Å². The van der Waals surface area contributed by atoms with Crippen LogP contribution >= 0.6 is 7.60 Å². The molecule has 0 aromatic rings. The van der Waals surface area contributed by atoms with Gasteiger partial charge in [-0.25, -0.2) is 14.3 Å². The molecule has 0 unspecified atom stereocenters. The maximum absolute atomic E-state index is 11.6. The van der Waals surface area contributed by atoms with Crippen LogP contribution < -0.4 is 0 Å². The molecule has 80 valence electrons. The Hall–Kier alpha value is -0.880. The van der Waals surface area contributed by atoms with Gasteiger partial charge in [-0.2, -0.15) is 4.79 Å². The molecule has 0 spiro atoms. The first kappa shape index (κ1) is 13.1. The molecular weight excluding hydrogens is 215 g/mol. The van der Waals surface area contributed by atoms with E-state index in [0.29, 0.717) is 0 Å². The third-order valence-corrected chi connectivity index (χ3v) is 2.63. The molecule has 0 N–H and O–H groups in total. The lowest BCUT2D eigenvalue weighted by molar-refractivity contribution is -0.239. The van der Waals surface area contributed by atoms with Gasteiger partial charge < -0.3 is 5.53 Å². The van der Waals surface area contributed by atoms with Crippen LogP contribution in [-0.4, -0.2) is 30.2 Å². The average molecular weight is 224 g/mol. The van der Waals surface area contributed by atoms with Gasteiger partial charge in [-0.15, -0.1) is 9.35 Å². The van der Waals surface area contributed by atoms with Crippen LogP contribution in [0.15, 0.2) is 0 Å². The van der Waals surface area contributed by atoms with Crippen LogP contribution in [0.2, 0.25) is 0 Å². The molecule has 8 nitrogen and oxygen atoms in total. The highest BCUT2D eigenvalue weighted by Gasteiger charge is 2.46. The fourth-order valence-corrected chi connectivity index (χ4v) is 1.65. The minimum atomic E-state index is -4.18. The zero-order chi connectivity index (χ0) is 11.2. The predicted molar refractivity (Wildman–Crippen MR) is 43.1 cm³/mol. The molecule has 0 saturated heterocycles. The summed E-state index contributed by atoms with van der Waals surface area (Å²) in [6, 6.07) is 0. The van der Waals surface area contributed by atoms with Gasteiger partial charge in [0.25, 0.3) is 0 Å². The third kappa shape index (κ3) is 3.12. The Balaban J connectivity index is 5.08. The highest BCUT2D eigenvalue weighted by Crippen LogP contribution is 2.49. The van der Waals surface area contributed by atoms with Gasteiger partial charge in [0.1, 0.15) is 0 Å². The third-order valence-electron chi connectivity index (χ3n) is 1.01. The number of carbonyl (C=O) groups excluding carboxylic acids is 1. The van der Waals surface area contributed by atoms with Crippen molar-refractivity contribution in [1.29, 1.82) is 0 Å². The molecule has 0 aliphatic carbocycles. The van der Waals surface area contributed by atoms with E-state index in [0.717, 1.165) is 21.1 Å². The van der Waals surface area contributed by atoms with Crippen molar-refractivity contribution >= 4 is 18.8 Å². The highest BCUT2D eigenvalue weighted by molar-refractivity contribution is 7.74. The molecule has 0 aromatic carbocycles. The summed E-state index contributed by atoms with van der Waals surface area (Å²) < 4.78 is 19.9. The summed E-state index contributed by atoms with van der Waals surface area (Å²) in [4.78, 5) is 21.5. The smallest absolute Gasteiger partial charge is 0.360 e. The second-order valence-corrected chi connectivity index (χ2v) is 3.68. The summed E-state index contributed by atoms with van der Waals surface area (Å²) >= 11 is 0. The molecule has 9 heteroatoms. The van der Waals surface area contributed by atoms with Crippen molar-refractivity contribution in [3.8, 4) is 0 Å². The van der Waals surface area contributed by atoms with Crippen molar-refractivity contribution in [3.63, 3.8) is 0 Å². The number of Topliss-reactive ketones (excluding diaryl/α,β-unsaturated/α-hetero) is 1. The molecule has 0 heterocycles. The van der Waals surface area contributed by atoms with Crippen LogP contribution in [0.3, 0.4) is 0 Å². The van der Waals surface area contributed by atoms with Crippen molar-refractivity contribution in [2.24, 2.45) is 0 Å². The van der Waals surface area contributed by atoms with E-state index in [1.165, 1.54) is 0 Å². The van der Waals surface area contributed by atoms with Crippen molar-refractivity contribution < 1.29 is 33.3 Å². The van der Waals surface area contributed by atoms with Gasteiger partial charge in [0, 0.05) is 6.92 Å². The zero-order valence-electron chi connectivity index (χ0n) is 7.79. The van der Waals surface area contributed by atoms with E-state index in [1.54, 1.807) is 0 Å². The molecule has 0 rings (SSSR count). The second-order valence-electron chi connectivity index (χ2n) is 1.96. The van der Waals surface area contributed by atoms with Crippen LogP contribution in [0.5, 0.6) is 0 Å². The van der Waals surface area contributed by atoms with Crippen molar-refractivity contribution in [1.82, 2.24) is 0 Å². The second kappa shape index (κ2) is 5.77. The predicted octanol–water partition coefficient (Wildman–Crippen LogP) is 0.553. The maximum Gasteiger partial charge on any atom is 0.499 e. The van der Waals surface area contributed by atoms with E-state index in [4.69, 9.17) is 5.53 Å². The quantitative estimate of drug-likeness (QED) is 0.163. The number of hydrogen-bond acceptors (Lipinski definition) is 6. The molecule has 0 amide bonds. The molecule has 0 fully saturated rings. The van der Waals surface area contributed by atoms with Crippen molar-refractivity contribution in [2.45, 2.75) is 6.92 Å². The van der Waals surface area contributed by atoms with E-state index >= 15 is 0 Å². The Bertz CT molecular complexity index is 299. The summed E-state index contributed by atoms with van der Waals surface area (Å²) in [5.41, 5.74) is 7.59. The largest absolute Gasteiger partial charge is 0.499 e. The number of ketones is 1. The lowest BCUT2D eigenvalue weighted by Crippen LogP contribution is -2.15. The zero-order valence-corrected chi connectivity index (χ0v) is 8.69. The van der Waals surface area contributed by atoms with E-state index in [2.05, 4.69) is 23.9 Å². The van der Waals surface area contributed by atoms with E-state index in [9.17, 15) is 9.36 Å². The Morgan fingerprint density at radius 3 is 1.93 bits per heavy atom. The molecule has 0 aromatic heterocycles. The monoisotopic (exact) mass is 224 g/mol. The summed E-state index contributed by atoms with van der Waals surface area (Å²) in [7, 11) is -2.09. The number of carbonyl (C=O) groups is 1. The van der Waals surface area contributed by atoms with E-state index < -0.39 is 18.8 Å². The summed E-state index contributed by atoms with van der Waals surface area (Å²) in [5.74, 6) is -0.801. The highest BCUT2D eigenvalue weighted by atomic mass is 31.2. The SMILES string of the molecule is COOP(=O)(OOC)C(=[N+]=[N-])C(C)=O. The van der Waals surface area contributed by atoms with Crippen LogP contribution in [0.25, 0.3) is 5.53 Å². The van der Waals surface area contributed by atoms with Gasteiger partial charge in [-0.05, 0) is 0 Å². The number of nitrogens with zero attached hydrogens (tertiary/aromatic N) is 2. The molecule has 0 saturated carbocycles. The molecule has 0 bridgehead atoms. The first-order valence-electron chi connectivity index (χ1n) is 3.30. The van der Waals surface area contributed by atoms with E-state index in [-0.39, 0.29) is 0 Å². The molecular formula is C5H9N2O6P. The fourth-order valence-electron chi connectivity index (χ4n) is 0.597. The Labute approximate surface area is 79.7 Å². The van der Waals surface area contributed by atoms with Crippen molar-refractivity contribution in [3.05, 3.63) is 5.53 Å². The topological polar surface area (TPSA) is 107 Å². The van der Waals surface area contributed by atoms with Gasteiger partial charge in [0.2, 0.25) is 5.78 Å². The van der Waals surface area contributed by atoms with Crippen LogP contribution in [0.1, 0.15) is 6.92 Å². The maximum atomic E-state index is 11.6. The standard InChI is InChI=1S/C5H9N2O6P/c1-4(8)5(7-6)14(9,12-10-2)13-11-3/h1-3H3. The van der Waals surface area contributed by atoms with Gasteiger partial charge in [-0.1, -0.05) is 0 Å². The van der Waals surface area contributed by atoms with Gasteiger partial charge in [-0.3, -0.25) is 4.79 Å². The number of rotatable bonds is 6. The van der Waals surface area contributed by atoms with E-state index in [1.807, 2.05) is 0 Å². The summed E-state index contributed by atoms with van der Waals surface area (Å²) in [5, 5.41) is 0. The minimum absolute atomic E-state index is 0.801. The molecule has 14 heavy (non-hydrogen) atoms. The molecule has 0 radical (unpaired) electrons. The summed E-state index contributed by atoms with van der Waals surface area (Å²) in [6.45, 7) is 1.01. The first-order chi connectivity index (χ1) is 6.51. The Morgan fingerprint density at radius 2 is 1.71 bits per heavy atom. The average Bonchev–Trinajstić information content (AvgIpc) is 2.04. The summed E-state index contributed by atoms with van der Waals surface area (Å²) in [6.07, 6.45) is 0. The number of hydrogen-bond donors (Lipinski definition) is 0. The van der Waals surface area contributed by atoms with Gasteiger partial charge >= 0.3 is 13.0 Å². The lowest BCUT2D eigenvalue weighted by atomic mass is 10.5. The van der Waals surface area contributed by atoms with Gasteiger partial charge in [0.05, 0.1) is 14.2 Å². The normalized spacial score (nSPS) is 10.8. The Morgan fingerprint density at radius 1 is 1.29 bits per heavy atom.